The second-order valence-corrected chi connectivity index (χ2v) is 8.48. The zero-order chi connectivity index (χ0) is 17.6. The second-order valence-electron chi connectivity index (χ2n) is 6.40. The number of piperidine rings is 1. The van der Waals surface area contributed by atoms with Crippen LogP contribution < -0.4 is 5.32 Å². The molecule has 0 unspecified atom stereocenters. The van der Waals surface area contributed by atoms with Crippen LogP contribution in [0.4, 0.5) is 0 Å². The van der Waals surface area contributed by atoms with Gasteiger partial charge >= 0.3 is 0 Å². The average molecular weight is 353 g/mol. The minimum absolute atomic E-state index is 0.0622. The van der Waals surface area contributed by atoms with Crippen molar-refractivity contribution in [1.82, 2.24) is 10.2 Å². The quantitative estimate of drug-likeness (QED) is 0.819. The van der Waals surface area contributed by atoms with Gasteiger partial charge < -0.3 is 10.2 Å². The molecule has 1 aliphatic heterocycles. The lowest BCUT2D eigenvalue weighted by Gasteiger charge is -2.32. The number of carbonyl (C=O) groups is 1. The maximum absolute atomic E-state index is 12.6. The topological polar surface area (TPSA) is 66.5 Å². The summed E-state index contributed by atoms with van der Waals surface area (Å²) in [6, 6.07) is 6.63. The predicted molar refractivity (Wildman–Crippen MR) is 96.0 cm³/mol. The third kappa shape index (κ3) is 4.80. The highest BCUT2D eigenvalue weighted by atomic mass is 32.2. The van der Waals surface area contributed by atoms with Gasteiger partial charge in [0.2, 0.25) is 0 Å². The van der Waals surface area contributed by atoms with Crippen LogP contribution in [-0.2, 0) is 9.84 Å². The van der Waals surface area contributed by atoms with Crippen molar-refractivity contribution in [3.8, 4) is 0 Å². The molecule has 1 amide bonds. The van der Waals surface area contributed by atoms with Crippen molar-refractivity contribution in [2.24, 2.45) is 0 Å². The lowest BCUT2D eigenvalue weighted by atomic mass is 10.0. The van der Waals surface area contributed by atoms with Gasteiger partial charge in [-0.1, -0.05) is 26.0 Å². The van der Waals surface area contributed by atoms with Crippen molar-refractivity contribution >= 4 is 15.7 Å². The number of carbonyl (C=O) groups excluding carboxylic acids is 1. The molecule has 1 heterocycles. The van der Waals surface area contributed by atoms with E-state index in [2.05, 4.69) is 17.1 Å². The summed E-state index contributed by atoms with van der Waals surface area (Å²) < 4.78 is 24.8. The Morgan fingerprint density at radius 2 is 1.83 bits per heavy atom. The number of amides is 1. The Morgan fingerprint density at radius 1 is 1.17 bits per heavy atom. The summed E-state index contributed by atoms with van der Waals surface area (Å²) in [6.45, 7) is 7.05. The fourth-order valence-corrected chi connectivity index (χ4v) is 4.72. The molecule has 0 atom stereocenters. The van der Waals surface area contributed by atoms with Crippen LogP contribution in [-0.4, -0.2) is 50.7 Å². The van der Waals surface area contributed by atoms with E-state index in [1.807, 2.05) is 6.92 Å². The Kier molecular flexibility index (Phi) is 6.80. The minimum atomic E-state index is -3.41. The van der Waals surface area contributed by atoms with Crippen molar-refractivity contribution in [3.05, 3.63) is 29.8 Å². The fourth-order valence-electron chi connectivity index (χ4n) is 3.18. The molecule has 134 valence electrons. The van der Waals surface area contributed by atoms with Crippen molar-refractivity contribution in [1.29, 1.82) is 0 Å². The van der Waals surface area contributed by atoms with E-state index in [9.17, 15) is 13.2 Å². The van der Waals surface area contributed by atoms with Gasteiger partial charge in [0.15, 0.2) is 9.84 Å². The lowest BCUT2D eigenvalue weighted by molar-refractivity contribution is 0.0908. The fraction of sp³-hybridized carbons (Fsp3) is 0.611. The zero-order valence-electron chi connectivity index (χ0n) is 14.6. The van der Waals surface area contributed by atoms with Gasteiger partial charge in [-0.2, -0.15) is 0 Å². The number of nitrogens with one attached hydrogen (secondary N) is 1. The van der Waals surface area contributed by atoms with Gasteiger partial charge in [-0.3, -0.25) is 4.79 Å². The summed E-state index contributed by atoms with van der Waals surface area (Å²) in [6.07, 6.45) is 3.50. The number of hydrogen-bond acceptors (Lipinski definition) is 4. The first-order chi connectivity index (χ1) is 11.5. The molecule has 1 aromatic carbocycles. The monoisotopic (exact) mass is 352 g/mol. The molecule has 6 heteroatoms. The largest absolute Gasteiger partial charge is 0.349 e. The Balaban J connectivity index is 2.06. The number of benzene rings is 1. The van der Waals surface area contributed by atoms with Crippen LogP contribution in [0.2, 0.25) is 0 Å². The van der Waals surface area contributed by atoms with Gasteiger partial charge in [0.25, 0.3) is 5.91 Å². The molecule has 1 saturated heterocycles. The van der Waals surface area contributed by atoms with Gasteiger partial charge in [-0.15, -0.1) is 0 Å². The number of likely N-dealkylation sites (tertiary alicyclic amines) is 1. The van der Waals surface area contributed by atoms with Crippen LogP contribution in [0.15, 0.2) is 29.2 Å². The molecule has 2 rings (SSSR count). The summed E-state index contributed by atoms with van der Waals surface area (Å²) in [4.78, 5) is 15.2. The molecule has 1 aliphatic rings. The summed E-state index contributed by atoms with van der Waals surface area (Å²) in [5, 5.41) is 3.02. The molecule has 5 nitrogen and oxygen atoms in total. The molecular formula is C18H28N2O3S. The van der Waals surface area contributed by atoms with Crippen molar-refractivity contribution in [2.75, 3.05) is 25.4 Å². The SMILES string of the molecule is CCCN1CCC(NC(=O)c2ccccc2S(=O)(=O)CCC)CC1. The van der Waals surface area contributed by atoms with Crippen molar-refractivity contribution < 1.29 is 13.2 Å². The average Bonchev–Trinajstić information content (AvgIpc) is 2.57. The van der Waals surface area contributed by atoms with E-state index in [1.165, 1.54) is 6.07 Å². The molecule has 0 spiro atoms. The summed E-state index contributed by atoms with van der Waals surface area (Å²) in [5.74, 6) is -0.216. The lowest BCUT2D eigenvalue weighted by Crippen LogP contribution is -2.45. The zero-order valence-corrected chi connectivity index (χ0v) is 15.4. The van der Waals surface area contributed by atoms with Crippen LogP contribution in [0.5, 0.6) is 0 Å². The highest BCUT2D eigenvalue weighted by molar-refractivity contribution is 7.91. The van der Waals surface area contributed by atoms with E-state index < -0.39 is 9.84 Å². The molecule has 0 radical (unpaired) electrons. The molecule has 0 aromatic heterocycles. The maximum Gasteiger partial charge on any atom is 0.252 e. The highest BCUT2D eigenvalue weighted by Crippen LogP contribution is 2.19. The van der Waals surface area contributed by atoms with Crippen LogP contribution >= 0.6 is 0 Å². The molecule has 0 aliphatic carbocycles. The smallest absolute Gasteiger partial charge is 0.252 e. The highest BCUT2D eigenvalue weighted by Gasteiger charge is 2.25. The Morgan fingerprint density at radius 3 is 2.46 bits per heavy atom. The number of nitrogens with zero attached hydrogens (tertiary/aromatic N) is 1. The predicted octanol–water partition coefficient (Wildman–Crippen LogP) is 2.47. The summed E-state index contributed by atoms with van der Waals surface area (Å²) >= 11 is 0. The van der Waals surface area contributed by atoms with E-state index in [0.29, 0.717) is 6.42 Å². The van der Waals surface area contributed by atoms with Gasteiger partial charge in [-0.25, -0.2) is 8.42 Å². The van der Waals surface area contributed by atoms with Gasteiger partial charge in [0.05, 0.1) is 16.2 Å². The summed E-state index contributed by atoms with van der Waals surface area (Å²) in [5.41, 5.74) is 0.266. The minimum Gasteiger partial charge on any atom is -0.349 e. The van der Waals surface area contributed by atoms with Crippen molar-refractivity contribution in [3.63, 3.8) is 0 Å². The third-order valence-corrected chi connectivity index (χ3v) is 6.37. The molecule has 1 aromatic rings. The standard InChI is InChI=1S/C18H28N2O3S/c1-3-11-20-12-9-15(10-13-20)19-18(21)16-7-5-6-8-17(16)24(22,23)14-4-2/h5-8,15H,3-4,9-14H2,1-2H3,(H,19,21). The molecule has 0 bridgehead atoms. The van der Waals surface area contributed by atoms with Gasteiger partial charge in [-0.05, 0) is 44.4 Å². The van der Waals surface area contributed by atoms with Crippen LogP contribution in [0, 0.1) is 0 Å². The number of sulfone groups is 1. The molecule has 1 fully saturated rings. The second kappa shape index (κ2) is 8.62. The molecule has 24 heavy (non-hydrogen) atoms. The van der Waals surface area contributed by atoms with E-state index in [-0.39, 0.29) is 28.2 Å². The molecule has 1 N–H and O–H groups in total. The first-order valence-electron chi connectivity index (χ1n) is 8.83. The van der Waals surface area contributed by atoms with Crippen LogP contribution in [0.25, 0.3) is 0 Å². The maximum atomic E-state index is 12.6. The summed E-state index contributed by atoms with van der Waals surface area (Å²) in [7, 11) is -3.41. The number of rotatable bonds is 7. The van der Waals surface area contributed by atoms with E-state index in [0.717, 1.165) is 38.9 Å². The Hall–Kier alpha value is -1.40. The normalized spacial score (nSPS) is 16.9. The number of hydrogen-bond donors (Lipinski definition) is 1. The van der Waals surface area contributed by atoms with E-state index in [1.54, 1.807) is 18.2 Å². The Labute approximate surface area is 145 Å². The Bertz CT molecular complexity index is 650. The van der Waals surface area contributed by atoms with Gasteiger partial charge in [0, 0.05) is 19.1 Å². The van der Waals surface area contributed by atoms with E-state index in [4.69, 9.17) is 0 Å². The van der Waals surface area contributed by atoms with E-state index >= 15 is 0 Å². The first kappa shape index (κ1) is 18.9. The third-order valence-electron chi connectivity index (χ3n) is 4.40. The van der Waals surface area contributed by atoms with Crippen molar-refractivity contribution in [2.45, 2.75) is 50.5 Å². The van der Waals surface area contributed by atoms with Gasteiger partial charge in [0.1, 0.15) is 0 Å². The molecule has 0 saturated carbocycles. The first-order valence-corrected chi connectivity index (χ1v) is 10.5. The van der Waals surface area contributed by atoms with Crippen LogP contribution in [0.1, 0.15) is 49.9 Å². The van der Waals surface area contributed by atoms with Crippen LogP contribution in [0.3, 0.4) is 0 Å². The molecular weight excluding hydrogens is 324 g/mol.